The number of hydrogen-bond donors (Lipinski definition) is 0. The average molecular weight is 355 g/mol. The van der Waals surface area contributed by atoms with E-state index in [0.29, 0.717) is 6.54 Å². The van der Waals surface area contributed by atoms with Crippen molar-refractivity contribution in [2.75, 3.05) is 12.3 Å². The predicted molar refractivity (Wildman–Crippen MR) is 105 cm³/mol. The van der Waals surface area contributed by atoms with E-state index in [0.717, 1.165) is 30.7 Å². The Labute approximate surface area is 154 Å². The van der Waals surface area contributed by atoms with Gasteiger partial charge >= 0.3 is 0 Å². The van der Waals surface area contributed by atoms with Crippen LogP contribution in [0.2, 0.25) is 0 Å². The molecule has 25 heavy (non-hydrogen) atoms. The van der Waals surface area contributed by atoms with Gasteiger partial charge in [0.15, 0.2) is 5.50 Å². The SMILES string of the molecule is C=CCN1C(=O)C2C(=N[C@H]1SCC)c1ccccc1CC21CCCC1. The second-order valence-corrected chi connectivity index (χ2v) is 8.74. The summed E-state index contributed by atoms with van der Waals surface area (Å²) in [5.74, 6) is 1.14. The Morgan fingerprint density at radius 1 is 1.36 bits per heavy atom. The minimum Gasteiger partial charge on any atom is -0.307 e. The quantitative estimate of drug-likeness (QED) is 0.756. The highest BCUT2D eigenvalue weighted by Gasteiger charge is 2.54. The Morgan fingerprint density at radius 2 is 2.12 bits per heavy atom. The molecule has 1 unspecified atom stereocenters. The minimum atomic E-state index is -0.119. The molecule has 1 saturated carbocycles. The van der Waals surface area contributed by atoms with Crippen LogP contribution in [0.5, 0.6) is 0 Å². The molecule has 2 aliphatic carbocycles. The summed E-state index contributed by atoms with van der Waals surface area (Å²) in [5.41, 5.74) is 3.60. The molecule has 2 atom stereocenters. The first-order valence-corrected chi connectivity index (χ1v) is 10.4. The van der Waals surface area contributed by atoms with E-state index in [1.165, 1.54) is 24.0 Å². The number of aliphatic imine (C=N–C) groups is 1. The number of rotatable bonds is 4. The van der Waals surface area contributed by atoms with Crippen molar-refractivity contribution in [1.29, 1.82) is 0 Å². The molecule has 1 aliphatic heterocycles. The molecule has 132 valence electrons. The maximum Gasteiger partial charge on any atom is 0.234 e. The van der Waals surface area contributed by atoms with E-state index in [9.17, 15) is 4.79 Å². The van der Waals surface area contributed by atoms with E-state index >= 15 is 0 Å². The molecule has 1 spiro atoms. The van der Waals surface area contributed by atoms with Crippen molar-refractivity contribution in [2.45, 2.75) is 44.5 Å². The van der Waals surface area contributed by atoms with Gasteiger partial charge in [0.1, 0.15) is 0 Å². The number of carbonyl (C=O) groups is 1. The molecule has 0 bridgehead atoms. The van der Waals surface area contributed by atoms with Gasteiger partial charge in [-0.2, -0.15) is 0 Å². The van der Waals surface area contributed by atoms with Crippen LogP contribution in [0.1, 0.15) is 43.7 Å². The molecule has 0 aromatic heterocycles. The third-order valence-corrected chi connectivity index (χ3v) is 7.00. The van der Waals surface area contributed by atoms with E-state index in [-0.39, 0.29) is 22.7 Å². The summed E-state index contributed by atoms with van der Waals surface area (Å²) < 4.78 is 0. The topological polar surface area (TPSA) is 32.7 Å². The first kappa shape index (κ1) is 16.9. The molecule has 0 saturated heterocycles. The molecule has 1 fully saturated rings. The third kappa shape index (κ3) is 2.66. The van der Waals surface area contributed by atoms with Crippen molar-refractivity contribution in [3.05, 3.63) is 48.0 Å². The Morgan fingerprint density at radius 3 is 2.84 bits per heavy atom. The lowest BCUT2D eigenvalue weighted by molar-refractivity contribution is -0.138. The lowest BCUT2D eigenvalue weighted by Crippen LogP contribution is -2.56. The first-order chi connectivity index (χ1) is 12.2. The smallest absolute Gasteiger partial charge is 0.234 e. The van der Waals surface area contributed by atoms with Gasteiger partial charge in [-0.05, 0) is 41.6 Å². The fourth-order valence-corrected chi connectivity index (χ4v) is 5.83. The zero-order valence-electron chi connectivity index (χ0n) is 14.9. The summed E-state index contributed by atoms with van der Waals surface area (Å²) in [6.45, 7) is 6.57. The van der Waals surface area contributed by atoms with Crippen molar-refractivity contribution >= 4 is 23.4 Å². The van der Waals surface area contributed by atoms with Gasteiger partial charge in [0.25, 0.3) is 0 Å². The van der Waals surface area contributed by atoms with Crippen LogP contribution in [0, 0.1) is 11.3 Å². The monoisotopic (exact) mass is 354 g/mol. The van der Waals surface area contributed by atoms with Crippen LogP contribution in [0.4, 0.5) is 0 Å². The molecule has 3 aliphatic rings. The Balaban J connectivity index is 1.87. The molecule has 4 rings (SSSR count). The van der Waals surface area contributed by atoms with Crippen molar-refractivity contribution in [3.63, 3.8) is 0 Å². The van der Waals surface area contributed by atoms with Crippen molar-refractivity contribution < 1.29 is 4.79 Å². The van der Waals surface area contributed by atoms with Crippen LogP contribution in [-0.2, 0) is 11.2 Å². The molecule has 1 aromatic rings. The van der Waals surface area contributed by atoms with Crippen molar-refractivity contribution in [1.82, 2.24) is 4.90 Å². The zero-order valence-corrected chi connectivity index (χ0v) is 15.7. The molecule has 3 nitrogen and oxygen atoms in total. The molecule has 1 heterocycles. The predicted octanol–water partition coefficient (Wildman–Crippen LogP) is 4.27. The third-order valence-electron chi connectivity index (χ3n) is 6.01. The molecule has 1 amide bonds. The summed E-state index contributed by atoms with van der Waals surface area (Å²) in [7, 11) is 0. The number of fused-ring (bicyclic) bond motifs is 4. The molecule has 4 heteroatoms. The summed E-state index contributed by atoms with van der Waals surface area (Å²) in [5, 5.41) is 0. The Hall–Kier alpha value is -1.55. The fraction of sp³-hybridized carbons (Fsp3) is 0.524. The lowest BCUT2D eigenvalue weighted by Gasteiger charge is -2.47. The minimum absolute atomic E-state index is 0.0708. The number of benzene rings is 1. The molecule has 0 radical (unpaired) electrons. The summed E-state index contributed by atoms with van der Waals surface area (Å²) >= 11 is 1.74. The Kier molecular flexibility index (Phi) is 4.48. The fourth-order valence-electron chi connectivity index (χ4n) is 4.98. The maximum absolute atomic E-state index is 13.6. The zero-order chi connectivity index (χ0) is 17.4. The van der Waals surface area contributed by atoms with E-state index < -0.39 is 0 Å². The van der Waals surface area contributed by atoms with Gasteiger partial charge in [-0.1, -0.05) is 50.1 Å². The van der Waals surface area contributed by atoms with Crippen molar-refractivity contribution in [3.8, 4) is 0 Å². The second kappa shape index (κ2) is 6.64. The van der Waals surface area contributed by atoms with Gasteiger partial charge in [0.2, 0.25) is 5.91 Å². The van der Waals surface area contributed by atoms with Crippen LogP contribution in [0.15, 0.2) is 41.9 Å². The summed E-state index contributed by atoms with van der Waals surface area (Å²) in [4.78, 5) is 20.7. The van der Waals surface area contributed by atoms with Gasteiger partial charge in [0, 0.05) is 6.54 Å². The largest absolute Gasteiger partial charge is 0.307 e. The van der Waals surface area contributed by atoms with Gasteiger partial charge < -0.3 is 4.90 Å². The maximum atomic E-state index is 13.6. The standard InChI is InChI=1S/C21H26N2OS/c1-3-13-23-19(24)17-18(22-20(23)25-4-2)16-10-6-5-9-15(16)14-21(17)11-7-8-12-21/h3,5-6,9-10,17,20H,1,4,7-8,11-14H2,2H3/t17?,20-/m1/s1. The molecular formula is C21H26N2OS. The van der Waals surface area contributed by atoms with E-state index in [1.807, 2.05) is 11.0 Å². The first-order valence-electron chi connectivity index (χ1n) is 9.39. The van der Waals surface area contributed by atoms with Crippen molar-refractivity contribution in [2.24, 2.45) is 16.3 Å². The van der Waals surface area contributed by atoms with E-state index in [1.54, 1.807) is 11.8 Å². The van der Waals surface area contributed by atoms with Crippen LogP contribution in [0.25, 0.3) is 0 Å². The van der Waals surface area contributed by atoms with E-state index in [2.05, 4.69) is 37.8 Å². The van der Waals surface area contributed by atoms with Crippen LogP contribution in [0.3, 0.4) is 0 Å². The number of hydrogen-bond acceptors (Lipinski definition) is 3. The van der Waals surface area contributed by atoms with Gasteiger partial charge in [-0.25, -0.2) is 0 Å². The van der Waals surface area contributed by atoms with Gasteiger partial charge in [-0.15, -0.1) is 18.3 Å². The number of carbonyl (C=O) groups excluding carboxylic acids is 1. The normalized spacial score (nSPS) is 27.0. The van der Waals surface area contributed by atoms with E-state index in [4.69, 9.17) is 4.99 Å². The highest BCUT2D eigenvalue weighted by Crippen LogP contribution is 2.53. The number of amides is 1. The van der Waals surface area contributed by atoms with Gasteiger partial charge in [0.05, 0.1) is 11.6 Å². The number of thioether (sulfide) groups is 1. The number of nitrogens with zero attached hydrogens (tertiary/aromatic N) is 2. The summed E-state index contributed by atoms with van der Waals surface area (Å²) in [6, 6.07) is 8.59. The Bertz CT molecular complexity index is 720. The molecule has 0 N–H and O–H groups in total. The van der Waals surface area contributed by atoms with Gasteiger partial charge in [-0.3, -0.25) is 9.79 Å². The highest BCUT2D eigenvalue weighted by atomic mass is 32.2. The molecular weight excluding hydrogens is 328 g/mol. The summed E-state index contributed by atoms with van der Waals surface area (Å²) in [6.07, 6.45) is 7.60. The lowest BCUT2D eigenvalue weighted by atomic mass is 9.61. The second-order valence-electron chi connectivity index (χ2n) is 7.41. The highest BCUT2D eigenvalue weighted by molar-refractivity contribution is 7.99. The van der Waals surface area contributed by atoms with Crippen LogP contribution < -0.4 is 0 Å². The average Bonchev–Trinajstić information content (AvgIpc) is 3.07. The van der Waals surface area contributed by atoms with Crippen LogP contribution >= 0.6 is 11.8 Å². The molecule has 1 aromatic carbocycles. The van der Waals surface area contributed by atoms with Crippen LogP contribution in [-0.4, -0.2) is 34.3 Å².